The van der Waals surface area contributed by atoms with Crippen LogP contribution in [0.25, 0.3) is 0 Å². The summed E-state index contributed by atoms with van der Waals surface area (Å²) in [5.74, 6) is 1.04. The van der Waals surface area contributed by atoms with E-state index in [1.54, 1.807) is 17.3 Å². The van der Waals surface area contributed by atoms with Crippen molar-refractivity contribution in [2.45, 2.75) is 31.6 Å². The molecule has 2 saturated heterocycles. The summed E-state index contributed by atoms with van der Waals surface area (Å²) in [5.41, 5.74) is 0.486. The van der Waals surface area contributed by atoms with E-state index in [2.05, 4.69) is 10.5 Å². The molecule has 0 aliphatic carbocycles. The van der Waals surface area contributed by atoms with Crippen LogP contribution in [0.3, 0.4) is 0 Å². The normalized spacial score (nSPS) is 28.5. The highest BCUT2D eigenvalue weighted by Crippen LogP contribution is 2.27. The van der Waals surface area contributed by atoms with Crippen molar-refractivity contribution in [2.75, 3.05) is 19.6 Å². The Morgan fingerprint density at radius 2 is 2.37 bits per heavy atom. The minimum atomic E-state index is -3.29. The van der Waals surface area contributed by atoms with Gasteiger partial charge in [0.1, 0.15) is 17.2 Å². The Kier molecular flexibility index (Phi) is 3.36. The minimum absolute atomic E-state index is 0.0657. The molecule has 19 heavy (non-hydrogen) atoms. The molecule has 1 aromatic heterocycles. The van der Waals surface area contributed by atoms with Crippen LogP contribution in [0.1, 0.15) is 24.3 Å². The van der Waals surface area contributed by atoms with Crippen molar-refractivity contribution in [3.63, 3.8) is 0 Å². The zero-order valence-electron chi connectivity index (χ0n) is 11.0. The molecule has 2 aliphatic rings. The van der Waals surface area contributed by atoms with Gasteiger partial charge in [0.15, 0.2) is 0 Å². The monoisotopic (exact) mass is 285 g/mol. The number of aromatic nitrogens is 1. The van der Waals surface area contributed by atoms with Gasteiger partial charge >= 0.3 is 0 Å². The molecule has 0 unspecified atom stereocenters. The maximum Gasteiger partial charge on any atom is 0.220 e. The van der Waals surface area contributed by atoms with E-state index >= 15 is 0 Å². The van der Waals surface area contributed by atoms with Gasteiger partial charge in [0, 0.05) is 25.2 Å². The molecule has 7 heteroatoms. The number of rotatable bonds is 3. The van der Waals surface area contributed by atoms with Gasteiger partial charge in [-0.05, 0) is 32.2 Å². The van der Waals surface area contributed by atoms with Gasteiger partial charge in [0.25, 0.3) is 0 Å². The first-order chi connectivity index (χ1) is 9.04. The molecule has 0 aromatic carbocycles. The first-order valence-corrected chi connectivity index (χ1v) is 8.29. The van der Waals surface area contributed by atoms with Crippen LogP contribution in [0.2, 0.25) is 0 Å². The summed E-state index contributed by atoms with van der Waals surface area (Å²) in [4.78, 5) is 0. The van der Waals surface area contributed by atoms with Gasteiger partial charge in [-0.1, -0.05) is 5.16 Å². The molecule has 106 valence electrons. The lowest BCUT2D eigenvalue weighted by Gasteiger charge is -2.24. The molecule has 0 spiro atoms. The molecule has 3 rings (SSSR count). The fraction of sp³-hybridized carbons (Fsp3) is 0.750. The number of aryl methyl sites for hydroxylation is 1. The number of hydrogen-bond donors (Lipinski definition) is 1. The van der Waals surface area contributed by atoms with E-state index in [0.717, 1.165) is 19.4 Å². The van der Waals surface area contributed by atoms with Crippen molar-refractivity contribution < 1.29 is 12.9 Å². The Hall–Kier alpha value is -0.920. The third kappa shape index (κ3) is 2.68. The summed E-state index contributed by atoms with van der Waals surface area (Å²) in [7, 11) is -3.29. The summed E-state index contributed by atoms with van der Waals surface area (Å²) in [6, 6.07) is 2.00. The van der Waals surface area contributed by atoms with E-state index in [0.29, 0.717) is 36.5 Å². The Balaban J connectivity index is 1.71. The molecule has 1 aromatic rings. The predicted molar refractivity (Wildman–Crippen MR) is 70.0 cm³/mol. The zero-order chi connectivity index (χ0) is 13.5. The van der Waals surface area contributed by atoms with Crippen molar-refractivity contribution in [2.24, 2.45) is 5.92 Å². The highest BCUT2D eigenvalue weighted by Gasteiger charge is 2.39. The molecule has 2 aliphatic heterocycles. The summed E-state index contributed by atoms with van der Waals surface area (Å²) in [6.07, 6.45) is 2.25. The highest BCUT2D eigenvalue weighted by atomic mass is 32.2. The van der Waals surface area contributed by atoms with Crippen molar-refractivity contribution in [3.8, 4) is 0 Å². The summed E-state index contributed by atoms with van der Waals surface area (Å²) in [6.45, 7) is 3.98. The third-order valence-corrected chi connectivity index (χ3v) is 5.71. The molecular formula is C12H19N3O3S. The van der Waals surface area contributed by atoms with Gasteiger partial charge in [0.05, 0.1) is 0 Å². The van der Waals surface area contributed by atoms with Crippen molar-refractivity contribution in [1.82, 2.24) is 14.8 Å². The third-order valence-electron chi connectivity index (χ3n) is 3.97. The maximum absolute atomic E-state index is 12.4. The average Bonchev–Trinajstić information content (AvgIpc) is 2.95. The fourth-order valence-corrected chi connectivity index (χ4v) is 4.50. The predicted octanol–water partition coefficient (Wildman–Crippen LogP) is 0.497. The van der Waals surface area contributed by atoms with Crippen molar-refractivity contribution >= 4 is 10.0 Å². The van der Waals surface area contributed by atoms with E-state index < -0.39 is 10.0 Å². The van der Waals surface area contributed by atoms with E-state index in [-0.39, 0.29) is 5.75 Å². The van der Waals surface area contributed by atoms with Crippen LogP contribution in [0.5, 0.6) is 0 Å². The SMILES string of the molecule is Cc1cc(CS(=O)(=O)N2C[C@@H]3CCCN[C@@H]3C2)no1. The van der Waals surface area contributed by atoms with Crippen LogP contribution < -0.4 is 5.32 Å². The van der Waals surface area contributed by atoms with Gasteiger partial charge < -0.3 is 9.84 Å². The highest BCUT2D eigenvalue weighted by molar-refractivity contribution is 7.88. The first kappa shape index (κ1) is 13.1. The second-order valence-electron chi connectivity index (χ2n) is 5.47. The van der Waals surface area contributed by atoms with Crippen LogP contribution in [0.15, 0.2) is 10.6 Å². The van der Waals surface area contributed by atoms with E-state index in [1.165, 1.54) is 0 Å². The molecule has 0 bridgehead atoms. The van der Waals surface area contributed by atoms with Gasteiger partial charge in [-0.3, -0.25) is 0 Å². The lowest BCUT2D eigenvalue weighted by Crippen LogP contribution is -2.41. The number of sulfonamides is 1. The van der Waals surface area contributed by atoms with E-state index in [4.69, 9.17) is 4.52 Å². The lowest BCUT2D eigenvalue weighted by molar-refractivity contribution is 0.339. The van der Waals surface area contributed by atoms with Crippen molar-refractivity contribution in [3.05, 3.63) is 17.5 Å². The maximum atomic E-state index is 12.4. The average molecular weight is 285 g/mol. The standard InChI is InChI=1S/C12H19N3O3S/c1-9-5-11(14-18-9)8-19(16,17)15-6-10-3-2-4-13-12(10)7-15/h5,10,12-13H,2-4,6-8H2,1H3/t10-,12+/m0/s1. The molecule has 2 atom stereocenters. The molecule has 1 N–H and O–H groups in total. The quantitative estimate of drug-likeness (QED) is 0.875. The van der Waals surface area contributed by atoms with Gasteiger partial charge in [-0.15, -0.1) is 0 Å². The van der Waals surface area contributed by atoms with Gasteiger partial charge in [-0.25, -0.2) is 8.42 Å². The fourth-order valence-electron chi connectivity index (χ4n) is 3.00. The number of piperidine rings is 1. The summed E-state index contributed by atoms with van der Waals surface area (Å²) in [5, 5.41) is 7.18. The second-order valence-corrected chi connectivity index (χ2v) is 7.43. The Morgan fingerprint density at radius 3 is 3.05 bits per heavy atom. The number of nitrogens with one attached hydrogen (secondary N) is 1. The van der Waals surface area contributed by atoms with Crippen molar-refractivity contribution in [1.29, 1.82) is 0 Å². The molecule has 6 nitrogen and oxygen atoms in total. The lowest BCUT2D eigenvalue weighted by atomic mass is 9.94. The van der Waals surface area contributed by atoms with Crippen LogP contribution in [-0.2, 0) is 15.8 Å². The van der Waals surface area contributed by atoms with E-state index in [9.17, 15) is 8.42 Å². The zero-order valence-corrected chi connectivity index (χ0v) is 11.8. The molecule has 2 fully saturated rings. The molecule has 3 heterocycles. The van der Waals surface area contributed by atoms with Gasteiger partial charge in [0.2, 0.25) is 10.0 Å². The second kappa shape index (κ2) is 4.88. The van der Waals surface area contributed by atoms with E-state index in [1.807, 2.05) is 0 Å². The van der Waals surface area contributed by atoms with Crippen LogP contribution >= 0.6 is 0 Å². The first-order valence-electron chi connectivity index (χ1n) is 6.68. The Bertz CT molecular complexity index is 540. The smallest absolute Gasteiger partial charge is 0.220 e. The van der Waals surface area contributed by atoms with Crippen LogP contribution in [0, 0.1) is 12.8 Å². The number of hydrogen-bond acceptors (Lipinski definition) is 5. The largest absolute Gasteiger partial charge is 0.361 e. The van der Waals surface area contributed by atoms with Crippen LogP contribution in [0.4, 0.5) is 0 Å². The van der Waals surface area contributed by atoms with Crippen LogP contribution in [-0.4, -0.2) is 43.6 Å². The summed E-state index contributed by atoms with van der Waals surface area (Å²) >= 11 is 0. The molecule has 0 saturated carbocycles. The topological polar surface area (TPSA) is 75.4 Å². The van der Waals surface area contributed by atoms with Gasteiger partial charge in [-0.2, -0.15) is 4.31 Å². The molecule has 0 amide bonds. The Morgan fingerprint density at radius 1 is 1.53 bits per heavy atom. The number of fused-ring (bicyclic) bond motifs is 1. The minimum Gasteiger partial charge on any atom is -0.361 e. The molecular weight excluding hydrogens is 266 g/mol. The summed E-state index contributed by atoms with van der Waals surface area (Å²) < 4.78 is 31.3. The number of nitrogens with zero attached hydrogens (tertiary/aromatic N) is 2. The Labute approximate surface area is 113 Å². The molecule has 0 radical (unpaired) electrons.